The number of benzene rings is 3. The predicted octanol–water partition coefficient (Wildman–Crippen LogP) is 3.09. The van der Waals surface area contributed by atoms with Gasteiger partial charge in [0.2, 0.25) is 20.0 Å². The van der Waals surface area contributed by atoms with E-state index in [1.807, 2.05) is 13.8 Å². The Hall–Kier alpha value is -3.78. The molecule has 13 heteroatoms. The maximum absolute atomic E-state index is 13.5. The number of carbonyl (C=O) groups excluding carboxylic acids is 1. The lowest BCUT2D eigenvalue weighted by Crippen LogP contribution is -2.60. The van der Waals surface area contributed by atoms with Crippen molar-refractivity contribution < 1.29 is 31.1 Å². The minimum Gasteiger partial charge on any atom is -0.490 e. The second kappa shape index (κ2) is 13.9. The molecule has 1 N–H and O–H groups in total. The van der Waals surface area contributed by atoms with Gasteiger partial charge in [-0.15, -0.1) is 0 Å². The summed E-state index contributed by atoms with van der Waals surface area (Å²) in [6.45, 7) is 4.08. The summed E-state index contributed by atoms with van der Waals surface area (Å²) in [6, 6.07) is 19.3. The minimum absolute atomic E-state index is 0.000460. The van der Waals surface area contributed by atoms with Crippen LogP contribution in [0.25, 0.3) is 0 Å². The van der Waals surface area contributed by atoms with Crippen LogP contribution in [0.1, 0.15) is 25.8 Å². The molecule has 3 aromatic rings. The van der Waals surface area contributed by atoms with Crippen LogP contribution < -0.4 is 14.9 Å². The Morgan fingerprint density at radius 2 is 1.52 bits per heavy atom. The Balaban J connectivity index is 1.58. The van der Waals surface area contributed by atoms with Gasteiger partial charge in [0.05, 0.1) is 29.2 Å². The normalized spacial score (nSPS) is 16.8. The summed E-state index contributed by atoms with van der Waals surface area (Å²) in [5, 5.41) is 4.03. The topological polar surface area (TPSA) is 135 Å². The van der Waals surface area contributed by atoms with Crippen LogP contribution in [0.2, 0.25) is 0 Å². The van der Waals surface area contributed by atoms with E-state index in [4.69, 9.17) is 9.47 Å². The number of hydrogen-bond donors (Lipinski definition) is 1. The van der Waals surface area contributed by atoms with Crippen LogP contribution in [0.5, 0.6) is 11.5 Å². The van der Waals surface area contributed by atoms with Gasteiger partial charge in [-0.05, 0) is 61.4 Å². The van der Waals surface area contributed by atoms with E-state index in [0.29, 0.717) is 30.3 Å². The van der Waals surface area contributed by atoms with Crippen LogP contribution in [0, 0.1) is 0 Å². The summed E-state index contributed by atoms with van der Waals surface area (Å²) in [5.74, 6) is 0.339. The van der Waals surface area contributed by atoms with Crippen LogP contribution in [-0.4, -0.2) is 76.5 Å². The second-order valence-corrected chi connectivity index (χ2v) is 13.2. The molecule has 0 aliphatic carbocycles. The molecule has 0 unspecified atom stereocenters. The molecule has 1 atom stereocenters. The summed E-state index contributed by atoms with van der Waals surface area (Å²) in [7, 11) is -8.10. The highest BCUT2D eigenvalue weighted by atomic mass is 32.2. The number of nitrogens with zero attached hydrogens (tertiary/aromatic N) is 3. The first-order valence-corrected chi connectivity index (χ1v) is 16.4. The number of nitrogens with one attached hydrogen (secondary N) is 1. The largest absolute Gasteiger partial charge is 0.490 e. The average molecular weight is 615 g/mol. The zero-order chi connectivity index (χ0) is 30.2. The standard InChI is InChI=1S/C29H34N4O7S2/c1-3-19-40-27-16-15-23(20-28(27)39-4-2)21-30-31-29(34)26-22-32(41(35,36)24-11-7-5-8-12-24)17-18-33(26)42(37,38)25-13-9-6-10-14-25/h5-16,20-21,26H,3-4,17-19,22H2,1-2H3,(H,31,34)/b30-21-/t26-/m1/s1. The van der Waals surface area contributed by atoms with Crippen molar-refractivity contribution >= 4 is 32.2 Å². The molecule has 3 aromatic carbocycles. The highest BCUT2D eigenvalue weighted by Crippen LogP contribution is 2.28. The highest BCUT2D eigenvalue weighted by Gasteiger charge is 2.43. The molecule has 4 rings (SSSR count). The quantitative estimate of drug-likeness (QED) is 0.245. The summed E-state index contributed by atoms with van der Waals surface area (Å²) >= 11 is 0. The highest BCUT2D eigenvalue weighted by molar-refractivity contribution is 7.89. The number of hydrazone groups is 1. The summed E-state index contributed by atoms with van der Waals surface area (Å²) < 4.78 is 67.3. The fraction of sp³-hybridized carbons (Fsp3) is 0.310. The third kappa shape index (κ3) is 7.16. The van der Waals surface area contributed by atoms with Gasteiger partial charge >= 0.3 is 0 Å². The van der Waals surface area contributed by atoms with E-state index in [2.05, 4.69) is 10.5 Å². The summed E-state index contributed by atoms with van der Waals surface area (Å²) in [4.78, 5) is 13.5. The average Bonchev–Trinajstić information content (AvgIpc) is 3.01. The van der Waals surface area contributed by atoms with E-state index < -0.39 is 32.0 Å². The molecule has 1 saturated heterocycles. The lowest BCUT2D eigenvalue weighted by Gasteiger charge is -2.38. The molecule has 42 heavy (non-hydrogen) atoms. The Morgan fingerprint density at radius 1 is 0.881 bits per heavy atom. The van der Waals surface area contributed by atoms with Gasteiger partial charge in [0.15, 0.2) is 11.5 Å². The zero-order valence-electron chi connectivity index (χ0n) is 23.4. The van der Waals surface area contributed by atoms with Gasteiger partial charge in [0.1, 0.15) is 6.04 Å². The van der Waals surface area contributed by atoms with Gasteiger partial charge in [0.25, 0.3) is 5.91 Å². The number of rotatable bonds is 12. The van der Waals surface area contributed by atoms with Gasteiger partial charge in [-0.1, -0.05) is 43.3 Å². The number of piperazine rings is 1. The maximum Gasteiger partial charge on any atom is 0.259 e. The monoisotopic (exact) mass is 614 g/mol. The molecule has 0 aromatic heterocycles. The first kappa shape index (κ1) is 31.2. The third-order valence-electron chi connectivity index (χ3n) is 6.45. The van der Waals surface area contributed by atoms with Crippen LogP contribution in [0.4, 0.5) is 0 Å². The molecule has 1 heterocycles. The van der Waals surface area contributed by atoms with Crippen molar-refractivity contribution in [2.75, 3.05) is 32.8 Å². The van der Waals surface area contributed by atoms with E-state index in [1.54, 1.807) is 54.6 Å². The van der Waals surface area contributed by atoms with E-state index >= 15 is 0 Å². The van der Waals surface area contributed by atoms with Crippen molar-refractivity contribution in [3.8, 4) is 11.5 Å². The molecule has 224 valence electrons. The number of hydrogen-bond acceptors (Lipinski definition) is 8. The molecule has 1 aliphatic heterocycles. The van der Waals surface area contributed by atoms with Gasteiger partial charge in [0, 0.05) is 19.6 Å². The van der Waals surface area contributed by atoms with Gasteiger partial charge in [-0.25, -0.2) is 22.3 Å². The van der Waals surface area contributed by atoms with Crippen molar-refractivity contribution in [2.45, 2.75) is 36.1 Å². The van der Waals surface area contributed by atoms with Crippen molar-refractivity contribution in [3.63, 3.8) is 0 Å². The molecule has 1 amide bonds. The fourth-order valence-electron chi connectivity index (χ4n) is 4.38. The summed E-state index contributed by atoms with van der Waals surface area (Å²) in [6.07, 6.45) is 2.23. The first-order chi connectivity index (χ1) is 20.2. The Kier molecular flexibility index (Phi) is 10.3. The number of ether oxygens (including phenoxy) is 2. The lowest BCUT2D eigenvalue weighted by molar-refractivity contribution is -0.125. The minimum atomic E-state index is -4.12. The molecular weight excluding hydrogens is 580 g/mol. The van der Waals surface area contributed by atoms with Gasteiger partial charge in [-0.2, -0.15) is 13.7 Å². The van der Waals surface area contributed by atoms with Crippen LogP contribution >= 0.6 is 0 Å². The van der Waals surface area contributed by atoms with Crippen LogP contribution in [-0.2, 0) is 24.8 Å². The number of carbonyl (C=O) groups is 1. The fourth-order valence-corrected chi connectivity index (χ4v) is 7.43. The van der Waals surface area contributed by atoms with E-state index in [9.17, 15) is 21.6 Å². The van der Waals surface area contributed by atoms with Crippen molar-refractivity contribution in [1.29, 1.82) is 0 Å². The number of sulfonamides is 2. The molecule has 0 spiro atoms. The van der Waals surface area contributed by atoms with Gasteiger partial charge < -0.3 is 9.47 Å². The van der Waals surface area contributed by atoms with E-state index in [1.165, 1.54) is 30.5 Å². The molecule has 1 aliphatic rings. The molecule has 0 bridgehead atoms. The number of amides is 1. The van der Waals surface area contributed by atoms with E-state index in [-0.39, 0.29) is 29.4 Å². The second-order valence-electron chi connectivity index (χ2n) is 9.34. The Bertz CT molecular complexity index is 1600. The molecule has 0 saturated carbocycles. The smallest absolute Gasteiger partial charge is 0.259 e. The van der Waals surface area contributed by atoms with Crippen molar-refractivity contribution in [2.24, 2.45) is 5.10 Å². The van der Waals surface area contributed by atoms with E-state index in [0.717, 1.165) is 15.0 Å². The van der Waals surface area contributed by atoms with Crippen LogP contribution in [0.15, 0.2) is 93.8 Å². The lowest BCUT2D eigenvalue weighted by atomic mass is 10.2. The molecule has 0 radical (unpaired) electrons. The maximum atomic E-state index is 13.5. The molecular formula is C29H34N4O7S2. The Morgan fingerprint density at radius 3 is 2.14 bits per heavy atom. The van der Waals surface area contributed by atoms with Crippen molar-refractivity contribution in [3.05, 3.63) is 84.4 Å². The third-order valence-corrected chi connectivity index (χ3v) is 10.2. The SMILES string of the molecule is CCCOc1ccc(/C=N\NC(=O)[C@H]2CN(S(=O)(=O)c3ccccc3)CCN2S(=O)(=O)c2ccccc2)cc1OCC. The summed E-state index contributed by atoms with van der Waals surface area (Å²) in [5.41, 5.74) is 3.00. The van der Waals surface area contributed by atoms with Gasteiger partial charge in [-0.3, -0.25) is 4.79 Å². The van der Waals surface area contributed by atoms with Crippen molar-refractivity contribution in [1.82, 2.24) is 14.0 Å². The zero-order valence-corrected chi connectivity index (χ0v) is 25.1. The Labute approximate surface area is 246 Å². The predicted molar refractivity (Wildman–Crippen MR) is 158 cm³/mol. The molecule has 11 nitrogen and oxygen atoms in total. The molecule has 1 fully saturated rings. The van der Waals surface area contributed by atoms with Crippen LogP contribution in [0.3, 0.4) is 0 Å². The first-order valence-electron chi connectivity index (χ1n) is 13.5.